The lowest BCUT2D eigenvalue weighted by molar-refractivity contribution is -0.116. The molecule has 2 amide bonds. The van der Waals surface area contributed by atoms with Crippen molar-refractivity contribution in [3.8, 4) is 0 Å². The first-order valence-electron chi connectivity index (χ1n) is 11.2. The molecule has 4 rings (SSSR count). The summed E-state index contributed by atoms with van der Waals surface area (Å²) in [6.45, 7) is 4.07. The fourth-order valence-corrected chi connectivity index (χ4v) is 6.00. The van der Waals surface area contributed by atoms with E-state index < -0.39 is 0 Å². The van der Waals surface area contributed by atoms with Crippen molar-refractivity contribution in [1.82, 2.24) is 14.9 Å². The Kier molecular flexibility index (Phi) is 7.49. The molecule has 2 unspecified atom stereocenters. The Bertz CT molecular complexity index is 1130. The van der Waals surface area contributed by atoms with Gasteiger partial charge in [-0.2, -0.15) is 0 Å². The highest BCUT2D eigenvalue weighted by molar-refractivity contribution is 8.01. The standard InChI is InChI=1S/C24H28N4O3S2/c1-4-18-13-25-22(31-18)15(2)32-21-14-26-24(33-21)27-20(29)11-7-9-17-12-16-8-5-6-10-19(16)23(30)28(17)3/h5-6,8,10,13-15,17H,4,7,9,11-12H2,1-3H3,(H,26,27,29). The lowest BCUT2D eigenvalue weighted by Gasteiger charge is -2.34. The van der Waals surface area contributed by atoms with Crippen LogP contribution < -0.4 is 5.32 Å². The van der Waals surface area contributed by atoms with Gasteiger partial charge in [-0.15, -0.1) is 11.8 Å². The van der Waals surface area contributed by atoms with Gasteiger partial charge in [-0.3, -0.25) is 9.59 Å². The van der Waals surface area contributed by atoms with Crippen molar-refractivity contribution in [2.45, 2.75) is 61.5 Å². The summed E-state index contributed by atoms with van der Waals surface area (Å²) in [5.74, 6) is 1.58. The zero-order valence-corrected chi connectivity index (χ0v) is 20.7. The predicted molar refractivity (Wildman–Crippen MR) is 131 cm³/mol. The highest BCUT2D eigenvalue weighted by Gasteiger charge is 2.29. The lowest BCUT2D eigenvalue weighted by Crippen LogP contribution is -2.43. The van der Waals surface area contributed by atoms with Gasteiger partial charge in [0.2, 0.25) is 11.8 Å². The minimum Gasteiger partial charge on any atom is -0.445 e. The van der Waals surface area contributed by atoms with E-state index in [1.54, 1.807) is 24.2 Å². The van der Waals surface area contributed by atoms with Gasteiger partial charge in [0.15, 0.2) is 5.13 Å². The quantitative estimate of drug-likeness (QED) is 0.412. The number of anilines is 1. The number of thiazole rings is 1. The summed E-state index contributed by atoms with van der Waals surface area (Å²) in [6, 6.07) is 7.88. The van der Waals surface area contributed by atoms with E-state index >= 15 is 0 Å². The van der Waals surface area contributed by atoms with Crippen LogP contribution in [0.5, 0.6) is 0 Å². The van der Waals surface area contributed by atoms with E-state index in [0.29, 0.717) is 23.9 Å². The molecule has 1 aromatic carbocycles. The number of likely N-dealkylation sites (N-methyl/N-ethyl adjacent to an activating group) is 1. The van der Waals surface area contributed by atoms with E-state index in [-0.39, 0.29) is 23.1 Å². The second-order valence-corrected chi connectivity index (χ2v) is 10.8. The monoisotopic (exact) mass is 484 g/mol. The van der Waals surface area contributed by atoms with E-state index in [1.165, 1.54) is 11.3 Å². The molecule has 2 atom stereocenters. The second-order valence-electron chi connectivity index (χ2n) is 8.13. The van der Waals surface area contributed by atoms with Crippen LogP contribution in [0.15, 0.2) is 45.3 Å². The van der Waals surface area contributed by atoms with Gasteiger partial charge in [0.25, 0.3) is 5.91 Å². The van der Waals surface area contributed by atoms with Crippen molar-refractivity contribution in [1.29, 1.82) is 0 Å². The molecule has 0 spiro atoms. The minimum atomic E-state index is -0.0561. The van der Waals surface area contributed by atoms with Gasteiger partial charge >= 0.3 is 0 Å². The number of oxazole rings is 1. The lowest BCUT2D eigenvalue weighted by atomic mass is 9.91. The van der Waals surface area contributed by atoms with Crippen molar-refractivity contribution >= 4 is 40.0 Å². The van der Waals surface area contributed by atoms with Crippen LogP contribution in [0.2, 0.25) is 0 Å². The topological polar surface area (TPSA) is 88.3 Å². The normalized spacial score (nSPS) is 16.5. The van der Waals surface area contributed by atoms with E-state index in [0.717, 1.165) is 40.4 Å². The Morgan fingerprint density at radius 1 is 1.33 bits per heavy atom. The number of hydrogen-bond donors (Lipinski definition) is 1. The smallest absolute Gasteiger partial charge is 0.254 e. The summed E-state index contributed by atoms with van der Waals surface area (Å²) >= 11 is 3.06. The number of hydrogen-bond acceptors (Lipinski definition) is 7. The molecule has 174 valence electrons. The van der Waals surface area contributed by atoms with Crippen molar-refractivity contribution in [2.24, 2.45) is 0 Å². The van der Waals surface area contributed by atoms with Crippen molar-refractivity contribution in [2.75, 3.05) is 12.4 Å². The minimum absolute atomic E-state index is 0.0561. The van der Waals surface area contributed by atoms with Crippen LogP contribution in [0.25, 0.3) is 0 Å². The Labute approximate surface area is 202 Å². The van der Waals surface area contributed by atoms with E-state index in [1.807, 2.05) is 50.1 Å². The molecule has 1 aliphatic heterocycles. The maximum absolute atomic E-state index is 12.6. The van der Waals surface area contributed by atoms with Gasteiger partial charge < -0.3 is 14.6 Å². The molecule has 3 aromatic rings. The number of nitrogens with one attached hydrogen (secondary N) is 1. The number of carbonyl (C=O) groups is 2. The molecule has 1 aliphatic rings. The largest absolute Gasteiger partial charge is 0.445 e. The molecule has 3 heterocycles. The Hall–Kier alpha value is -2.65. The summed E-state index contributed by atoms with van der Waals surface area (Å²) in [5, 5.41) is 3.55. The summed E-state index contributed by atoms with van der Waals surface area (Å²) in [4.78, 5) is 35.5. The molecule has 0 aliphatic carbocycles. The molecular weight excluding hydrogens is 456 g/mol. The number of amides is 2. The Balaban J connectivity index is 1.24. The maximum atomic E-state index is 12.6. The third kappa shape index (κ3) is 5.65. The number of aryl methyl sites for hydroxylation is 1. The zero-order valence-electron chi connectivity index (χ0n) is 19.0. The fourth-order valence-electron chi connectivity index (χ4n) is 3.90. The number of rotatable bonds is 9. The first kappa shape index (κ1) is 23.5. The summed E-state index contributed by atoms with van der Waals surface area (Å²) < 4.78 is 6.72. The molecule has 0 bridgehead atoms. The number of fused-ring (bicyclic) bond motifs is 1. The third-order valence-electron chi connectivity index (χ3n) is 5.80. The number of aromatic nitrogens is 2. The predicted octanol–water partition coefficient (Wildman–Crippen LogP) is 5.35. The van der Waals surface area contributed by atoms with Crippen molar-refractivity contribution < 1.29 is 14.0 Å². The second kappa shape index (κ2) is 10.5. The van der Waals surface area contributed by atoms with Crippen LogP contribution >= 0.6 is 23.1 Å². The van der Waals surface area contributed by atoms with Gasteiger partial charge in [-0.1, -0.05) is 36.5 Å². The van der Waals surface area contributed by atoms with Crippen molar-refractivity contribution in [3.63, 3.8) is 0 Å². The molecular formula is C24H28N4O3S2. The van der Waals surface area contributed by atoms with E-state index in [4.69, 9.17) is 4.42 Å². The van der Waals surface area contributed by atoms with Crippen LogP contribution in [0.1, 0.15) is 65.9 Å². The molecule has 0 saturated carbocycles. The van der Waals surface area contributed by atoms with Crippen LogP contribution in [0.4, 0.5) is 5.13 Å². The zero-order chi connectivity index (χ0) is 23.4. The van der Waals surface area contributed by atoms with Gasteiger partial charge in [-0.05, 0) is 37.8 Å². The molecule has 9 heteroatoms. The Morgan fingerprint density at radius 3 is 2.94 bits per heavy atom. The highest BCUT2D eigenvalue weighted by Crippen LogP contribution is 2.38. The first-order valence-corrected chi connectivity index (χ1v) is 12.9. The molecule has 2 aromatic heterocycles. The molecule has 0 saturated heterocycles. The van der Waals surface area contributed by atoms with Gasteiger partial charge in [0.1, 0.15) is 5.76 Å². The average molecular weight is 485 g/mol. The number of thioether (sulfide) groups is 1. The van der Waals surface area contributed by atoms with Gasteiger partial charge in [0, 0.05) is 31.5 Å². The van der Waals surface area contributed by atoms with E-state index in [9.17, 15) is 9.59 Å². The summed E-state index contributed by atoms with van der Waals surface area (Å²) in [5.41, 5.74) is 1.88. The third-order valence-corrected chi connectivity index (χ3v) is 7.94. The van der Waals surface area contributed by atoms with Crippen molar-refractivity contribution in [3.05, 3.63) is 59.4 Å². The molecule has 7 nitrogen and oxygen atoms in total. The Morgan fingerprint density at radius 2 is 2.15 bits per heavy atom. The molecule has 0 radical (unpaired) electrons. The van der Waals surface area contributed by atoms with Crippen LogP contribution in [-0.4, -0.2) is 39.8 Å². The van der Waals surface area contributed by atoms with Gasteiger partial charge in [-0.25, -0.2) is 9.97 Å². The van der Waals surface area contributed by atoms with Crippen LogP contribution in [0.3, 0.4) is 0 Å². The fraction of sp³-hybridized carbons (Fsp3) is 0.417. The van der Waals surface area contributed by atoms with Crippen LogP contribution in [-0.2, 0) is 17.6 Å². The number of carbonyl (C=O) groups excluding carboxylic acids is 2. The molecule has 1 N–H and O–H groups in total. The van der Waals surface area contributed by atoms with Gasteiger partial charge in [0.05, 0.1) is 21.9 Å². The number of benzene rings is 1. The highest BCUT2D eigenvalue weighted by atomic mass is 32.2. The molecule has 0 fully saturated rings. The average Bonchev–Trinajstić information content (AvgIpc) is 3.46. The number of nitrogens with zero attached hydrogens (tertiary/aromatic N) is 3. The summed E-state index contributed by atoms with van der Waals surface area (Å²) in [7, 11) is 1.85. The van der Waals surface area contributed by atoms with Crippen LogP contribution in [0, 0.1) is 0 Å². The maximum Gasteiger partial charge on any atom is 0.254 e. The summed E-state index contributed by atoms with van der Waals surface area (Å²) in [6.07, 6.45) is 7.09. The first-order chi connectivity index (χ1) is 15.9. The molecule has 33 heavy (non-hydrogen) atoms. The van der Waals surface area contributed by atoms with E-state index in [2.05, 4.69) is 15.3 Å². The SMILES string of the molecule is CCc1cnc(C(C)Sc2cnc(NC(=O)CCCC3Cc4ccccc4C(=O)N3C)s2)o1.